The molecule has 1 aliphatic heterocycles. The van der Waals surface area contributed by atoms with E-state index in [-0.39, 0.29) is 11.3 Å². The molecule has 0 aliphatic carbocycles. The second-order valence-electron chi connectivity index (χ2n) is 7.52. The van der Waals surface area contributed by atoms with Crippen molar-refractivity contribution in [2.75, 3.05) is 38.3 Å². The van der Waals surface area contributed by atoms with Crippen LogP contribution >= 0.6 is 0 Å². The molecule has 0 amide bonds. The van der Waals surface area contributed by atoms with Crippen LogP contribution in [0.2, 0.25) is 0 Å². The van der Waals surface area contributed by atoms with Crippen LogP contribution in [0.15, 0.2) is 48.7 Å². The molecule has 0 saturated carbocycles. The molecule has 1 aliphatic rings. The molecule has 0 spiro atoms. The van der Waals surface area contributed by atoms with Crippen LogP contribution in [0.3, 0.4) is 0 Å². The van der Waals surface area contributed by atoms with E-state index in [4.69, 9.17) is 14.7 Å². The Bertz CT molecular complexity index is 1350. The van der Waals surface area contributed by atoms with Gasteiger partial charge in [0.25, 0.3) is 0 Å². The number of halogens is 2. The molecule has 2 aromatic heterocycles. The fourth-order valence-electron chi connectivity index (χ4n) is 4.05. The summed E-state index contributed by atoms with van der Waals surface area (Å²) in [5.41, 5.74) is 2.23. The number of hydrogen-bond acceptors (Lipinski definition) is 6. The summed E-state index contributed by atoms with van der Waals surface area (Å²) in [5, 5.41) is 14.1. The van der Waals surface area contributed by atoms with Gasteiger partial charge in [0.05, 0.1) is 42.9 Å². The van der Waals surface area contributed by atoms with Crippen molar-refractivity contribution in [3.8, 4) is 28.9 Å². The zero-order valence-electron chi connectivity index (χ0n) is 17.8. The van der Waals surface area contributed by atoms with Crippen molar-refractivity contribution >= 4 is 16.6 Å². The van der Waals surface area contributed by atoms with Gasteiger partial charge in [-0.2, -0.15) is 10.4 Å². The van der Waals surface area contributed by atoms with Crippen molar-refractivity contribution in [1.29, 1.82) is 5.26 Å². The summed E-state index contributed by atoms with van der Waals surface area (Å²) in [4.78, 5) is 6.48. The minimum absolute atomic E-state index is 0.108. The molecule has 1 saturated heterocycles. The largest absolute Gasteiger partial charge is 0.480 e. The van der Waals surface area contributed by atoms with E-state index in [9.17, 15) is 8.78 Å². The minimum Gasteiger partial charge on any atom is -0.480 e. The zero-order chi connectivity index (χ0) is 22.9. The lowest BCUT2D eigenvalue weighted by Crippen LogP contribution is -2.36. The van der Waals surface area contributed by atoms with E-state index in [1.54, 1.807) is 12.1 Å². The van der Waals surface area contributed by atoms with Crippen molar-refractivity contribution in [2.24, 2.45) is 0 Å². The molecule has 7 nitrogen and oxygen atoms in total. The number of aromatic nitrogens is 3. The third-order valence-corrected chi connectivity index (χ3v) is 5.63. The predicted octanol–water partition coefficient (Wildman–Crippen LogP) is 4.08. The first kappa shape index (κ1) is 20.8. The first-order valence-corrected chi connectivity index (χ1v) is 10.3. The molecule has 0 atom stereocenters. The molecular weight excluding hydrogens is 428 g/mol. The summed E-state index contributed by atoms with van der Waals surface area (Å²) in [6, 6.07) is 13.1. The number of nitriles is 1. The molecule has 0 unspecified atom stereocenters. The van der Waals surface area contributed by atoms with Crippen LogP contribution in [-0.4, -0.2) is 48.2 Å². The van der Waals surface area contributed by atoms with Gasteiger partial charge in [0, 0.05) is 30.5 Å². The number of fused-ring (bicyclic) bond motifs is 1. The Kier molecular flexibility index (Phi) is 5.36. The number of nitrogens with zero attached hydrogens (tertiary/aromatic N) is 5. The first-order valence-electron chi connectivity index (χ1n) is 10.3. The van der Waals surface area contributed by atoms with Crippen molar-refractivity contribution in [3.63, 3.8) is 0 Å². The Morgan fingerprint density at radius 1 is 1.06 bits per heavy atom. The van der Waals surface area contributed by atoms with Crippen molar-refractivity contribution in [1.82, 2.24) is 14.8 Å². The Morgan fingerprint density at radius 2 is 1.76 bits per heavy atom. The Morgan fingerprint density at radius 3 is 2.39 bits per heavy atom. The maximum absolute atomic E-state index is 14.8. The third kappa shape index (κ3) is 3.64. The van der Waals surface area contributed by atoms with Gasteiger partial charge in [-0.15, -0.1) is 0 Å². The smallest absolute Gasteiger partial charge is 0.224 e. The molecular formula is C24H19F2N5O2. The van der Waals surface area contributed by atoms with Crippen LogP contribution in [0, 0.1) is 23.0 Å². The van der Waals surface area contributed by atoms with Gasteiger partial charge in [-0.25, -0.2) is 18.4 Å². The lowest BCUT2D eigenvalue weighted by atomic mass is 10.1. The van der Waals surface area contributed by atoms with Gasteiger partial charge >= 0.3 is 0 Å². The lowest BCUT2D eigenvalue weighted by molar-refractivity contribution is 0.122. The monoisotopic (exact) mass is 447 g/mol. The van der Waals surface area contributed by atoms with Gasteiger partial charge in [0.2, 0.25) is 5.88 Å². The van der Waals surface area contributed by atoms with Gasteiger partial charge in [-0.1, -0.05) is 12.1 Å². The number of methoxy groups -OCH3 is 1. The van der Waals surface area contributed by atoms with Crippen LogP contribution in [0.1, 0.15) is 5.56 Å². The predicted molar refractivity (Wildman–Crippen MR) is 119 cm³/mol. The van der Waals surface area contributed by atoms with E-state index in [0.29, 0.717) is 35.7 Å². The fraction of sp³-hybridized carbons (Fsp3) is 0.208. The number of benzene rings is 2. The maximum Gasteiger partial charge on any atom is 0.224 e. The third-order valence-electron chi connectivity index (χ3n) is 5.63. The topological polar surface area (TPSA) is 76.2 Å². The van der Waals surface area contributed by atoms with Crippen molar-refractivity contribution < 1.29 is 18.3 Å². The molecule has 0 bridgehead atoms. The van der Waals surface area contributed by atoms with E-state index in [1.165, 1.54) is 18.0 Å². The fourth-order valence-corrected chi connectivity index (χ4v) is 4.05. The lowest BCUT2D eigenvalue weighted by Gasteiger charge is -2.28. The van der Waals surface area contributed by atoms with Crippen LogP contribution in [0.25, 0.3) is 27.8 Å². The van der Waals surface area contributed by atoms with E-state index in [0.717, 1.165) is 36.5 Å². The van der Waals surface area contributed by atoms with Crippen molar-refractivity contribution in [2.45, 2.75) is 0 Å². The molecule has 33 heavy (non-hydrogen) atoms. The standard InChI is InChI=1S/C24H19F2N5O2/c1-32-24-21-20(6-7-28-24)31(23-18(25)12-15(14-27)13-19(23)26)29-22(21)16-2-4-17(5-3-16)30-8-10-33-11-9-30/h2-7,12-13H,8-11H2,1H3. The van der Waals surface area contributed by atoms with Crippen LogP contribution in [0.4, 0.5) is 14.5 Å². The van der Waals surface area contributed by atoms with Crippen LogP contribution in [-0.2, 0) is 4.74 Å². The molecule has 5 rings (SSSR count). The number of ether oxygens (including phenoxy) is 2. The molecule has 0 radical (unpaired) electrons. The summed E-state index contributed by atoms with van der Waals surface area (Å²) in [6.07, 6.45) is 1.49. The highest BCUT2D eigenvalue weighted by atomic mass is 19.1. The quantitative estimate of drug-likeness (QED) is 0.469. The number of pyridine rings is 1. The van der Waals surface area contributed by atoms with Crippen LogP contribution in [0.5, 0.6) is 5.88 Å². The van der Waals surface area contributed by atoms with Crippen LogP contribution < -0.4 is 9.64 Å². The van der Waals surface area contributed by atoms with Crippen molar-refractivity contribution in [3.05, 3.63) is 65.9 Å². The summed E-state index contributed by atoms with van der Waals surface area (Å²) in [5.74, 6) is -1.48. The summed E-state index contributed by atoms with van der Waals surface area (Å²) in [7, 11) is 1.48. The van der Waals surface area contributed by atoms with Gasteiger partial charge in [-0.05, 0) is 30.3 Å². The number of anilines is 1. The molecule has 1 fully saturated rings. The normalized spacial score (nSPS) is 13.8. The van der Waals surface area contributed by atoms with Gasteiger partial charge in [0.15, 0.2) is 11.6 Å². The number of hydrogen-bond donors (Lipinski definition) is 0. The highest BCUT2D eigenvalue weighted by Gasteiger charge is 2.23. The molecule has 9 heteroatoms. The van der Waals surface area contributed by atoms with E-state index in [2.05, 4.69) is 15.0 Å². The maximum atomic E-state index is 14.8. The SMILES string of the molecule is COc1nccc2c1c(-c1ccc(N3CCOCC3)cc1)nn2-c1c(F)cc(C#N)cc1F. The van der Waals surface area contributed by atoms with E-state index in [1.807, 2.05) is 24.3 Å². The molecule has 0 N–H and O–H groups in total. The first-order chi connectivity index (χ1) is 16.1. The zero-order valence-corrected chi connectivity index (χ0v) is 17.8. The summed E-state index contributed by atoms with van der Waals surface area (Å²) >= 11 is 0. The second kappa shape index (κ2) is 8.48. The minimum atomic E-state index is -0.888. The Balaban J connectivity index is 1.67. The van der Waals surface area contributed by atoms with Gasteiger partial charge in [0.1, 0.15) is 11.4 Å². The highest BCUT2D eigenvalue weighted by molar-refractivity contribution is 5.98. The average molecular weight is 447 g/mol. The molecule has 166 valence electrons. The van der Waals surface area contributed by atoms with E-state index >= 15 is 0 Å². The molecule has 3 heterocycles. The number of rotatable bonds is 4. The Hall–Kier alpha value is -4.03. The average Bonchev–Trinajstić information content (AvgIpc) is 3.23. The second-order valence-corrected chi connectivity index (χ2v) is 7.52. The Labute approximate surface area is 188 Å². The summed E-state index contributed by atoms with van der Waals surface area (Å²) < 4.78 is 41.7. The molecule has 2 aromatic carbocycles. The van der Waals surface area contributed by atoms with E-state index < -0.39 is 11.6 Å². The number of morpholine rings is 1. The van der Waals surface area contributed by atoms with Gasteiger partial charge in [-0.3, -0.25) is 0 Å². The van der Waals surface area contributed by atoms with Gasteiger partial charge < -0.3 is 14.4 Å². The summed E-state index contributed by atoms with van der Waals surface area (Å²) in [6.45, 7) is 2.99. The highest BCUT2D eigenvalue weighted by Crippen LogP contribution is 2.36. The molecule has 4 aromatic rings.